The monoisotopic (exact) mass is 289 g/mol. The molecule has 0 radical (unpaired) electrons. The molecule has 0 amide bonds. The van der Waals surface area contributed by atoms with E-state index in [1.807, 2.05) is 44.2 Å². The molecule has 2 nitrogen and oxygen atoms in total. The van der Waals surface area contributed by atoms with Gasteiger partial charge in [0.2, 0.25) is 0 Å². The fourth-order valence-electron chi connectivity index (χ4n) is 2.12. The lowest BCUT2D eigenvalue weighted by Crippen LogP contribution is -2.18. The van der Waals surface area contributed by atoms with Crippen molar-refractivity contribution in [3.8, 4) is 11.5 Å². The van der Waals surface area contributed by atoms with Crippen LogP contribution in [0.5, 0.6) is 11.5 Å². The Morgan fingerprint density at radius 1 is 1.05 bits per heavy atom. The van der Waals surface area contributed by atoms with E-state index in [0.717, 1.165) is 28.5 Å². The van der Waals surface area contributed by atoms with Crippen LogP contribution in [0.4, 0.5) is 0 Å². The summed E-state index contributed by atoms with van der Waals surface area (Å²) >= 11 is 6.01. The van der Waals surface area contributed by atoms with Crippen molar-refractivity contribution in [2.45, 2.75) is 33.2 Å². The van der Waals surface area contributed by atoms with E-state index in [-0.39, 0.29) is 6.04 Å². The summed E-state index contributed by atoms with van der Waals surface area (Å²) in [5.74, 6) is 1.63. The maximum absolute atomic E-state index is 6.01. The normalized spacial score (nSPS) is 12.2. The van der Waals surface area contributed by atoms with Crippen LogP contribution in [0, 0.1) is 13.8 Å². The molecule has 0 aliphatic heterocycles. The summed E-state index contributed by atoms with van der Waals surface area (Å²) < 4.78 is 5.87. The minimum Gasteiger partial charge on any atom is -0.457 e. The molecule has 0 aliphatic carbocycles. The number of halogens is 1. The Morgan fingerprint density at radius 3 is 2.20 bits per heavy atom. The second-order valence-corrected chi connectivity index (χ2v) is 5.69. The van der Waals surface area contributed by atoms with Crippen molar-refractivity contribution in [1.29, 1.82) is 0 Å². The van der Waals surface area contributed by atoms with Gasteiger partial charge in [0, 0.05) is 11.1 Å². The zero-order valence-corrected chi connectivity index (χ0v) is 12.9. The zero-order chi connectivity index (χ0) is 14.7. The Balaban J connectivity index is 2.17. The molecule has 20 heavy (non-hydrogen) atoms. The van der Waals surface area contributed by atoms with Crippen molar-refractivity contribution in [3.63, 3.8) is 0 Å². The van der Waals surface area contributed by atoms with Gasteiger partial charge >= 0.3 is 0 Å². The van der Waals surface area contributed by atoms with E-state index in [9.17, 15) is 0 Å². The van der Waals surface area contributed by atoms with Gasteiger partial charge in [-0.2, -0.15) is 0 Å². The average Bonchev–Trinajstić information content (AvgIpc) is 2.37. The summed E-state index contributed by atoms with van der Waals surface area (Å²) in [7, 11) is 0. The Morgan fingerprint density at radius 2 is 1.65 bits per heavy atom. The molecule has 1 atom stereocenters. The SMILES string of the molecule is Cc1cc(Oc2ccc(CC(C)N)c(C)c2)ccc1Cl. The summed E-state index contributed by atoms with van der Waals surface area (Å²) in [6.45, 7) is 6.06. The molecule has 106 valence electrons. The Labute approximate surface area is 125 Å². The minimum absolute atomic E-state index is 0.166. The predicted molar refractivity (Wildman–Crippen MR) is 84.8 cm³/mol. The second-order valence-electron chi connectivity index (χ2n) is 5.28. The fraction of sp³-hybridized carbons (Fsp3) is 0.294. The number of hydrogen-bond donors (Lipinski definition) is 1. The van der Waals surface area contributed by atoms with Crippen LogP contribution >= 0.6 is 11.6 Å². The summed E-state index contributed by atoms with van der Waals surface area (Å²) in [6.07, 6.45) is 0.881. The lowest BCUT2D eigenvalue weighted by atomic mass is 10.0. The molecule has 0 saturated carbocycles. The third-order valence-corrected chi connectivity index (χ3v) is 3.65. The Bertz CT molecular complexity index is 608. The topological polar surface area (TPSA) is 35.2 Å². The van der Waals surface area contributed by atoms with Crippen molar-refractivity contribution in [2.75, 3.05) is 0 Å². The molecule has 1 unspecified atom stereocenters. The van der Waals surface area contributed by atoms with Gasteiger partial charge in [-0.05, 0) is 74.2 Å². The number of aryl methyl sites for hydroxylation is 2. The van der Waals surface area contributed by atoms with E-state index in [0.29, 0.717) is 0 Å². The molecule has 2 aromatic rings. The van der Waals surface area contributed by atoms with Gasteiger partial charge in [-0.15, -0.1) is 0 Å². The maximum Gasteiger partial charge on any atom is 0.127 e. The Hall–Kier alpha value is -1.51. The van der Waals surface area contributed by atoms with Crippen LogP contribution in [0.3, 0.4) is 0 Å². The Kier molecular flexibility index (Phi) is 4.69. The maximum atomic E-state index is 6.01. The number of ether oxygens (including phenoxy) is 1. The highest BCUT2D eigenvalue weighted by Crippen LogP contribution is 2.27. The van der Waals surface area contributed by atoms with E-state index in [2.05, 4.69) is 13.0 Å². The van der Waals surface area contributed by atoms with Crippen molar-refractivity contribution in [1.82, 2.24) is 0 Å². The standard InChI is InChI=1S/C17H20ClNO/c1-11-8-15(5-4-14(11)10-13(3)19)20-16-6-7-17(18)12(2)9-16/h4-9,13H,10,19H2,1-3H3. The molecule has 2 aromatic carbocycles. The van der Waals surface area contributed by atoms with Gasteiger partial charge in [-0.1, -0.05) is 17.7 Å². The first kappa shape index (κ1) is 14.9. The first-order valence-corrected chi connectivity index (χ1v) is 7.12. The zero-order valence-electron chi connectivity index (χ0n) is 12.1. The highest BCUT2D eigenvalue weighted by atomic mass is 35.5. The summed E-state index contributed by atoms with van der Waals surface area (Å²) in [4.78, 5) is 0. The third kappa shape index (κ3) is 3.75. The van der Waals surface area contributed by atoms with Gasteiger partial charge in [0.25, 0.3) is 0 Å². The van der Waals surface area contributed by atoms with Crippen LogP contribution < -0.4 is 10.5 Å². The van der Waals surface area contributed by atoms with Crippen molar-refractivity contribution >= 4 is 11.6 Å². The van der Waals surface area contributed by atoms with Gasteiger partial charge in [-0.25, -0.2) is 0 Å². The summed E-state index contributed by atoms with van der Waals surface area (Å²) in [5.41, 5.74) is 9.31. The molecule has 2 N–H and O–H groups in total. The molecule has 2 rings (SSSR count). The van der Waals surface area contributed by atoms with Crippen molar-refractivity contribution in [2.24, 2.45) is 5.73 Å². The van der Waals surface area contributed by atoms with Crippen LogP contribution in [-0.4, -0.2) is 6.04 Å². The van der Waals surface area contributed by atoms with Crippen LogP contribution in [0.2, 0.25) is 5.02 Å². The molecular formula is C17H20ClNO. The number of benzene rings is 2. The highest BCUT2D eigenvalue weighted by molar-refractivity contribution is 6.31. The van der Waals surface area contributed by atoms with Gasteiger partial charge in [0.05, 0.1) is 0 Å². The van der Waals surface area contributed by atoms with Gasteiger partial charge in [0.1, 0.15) is 11.5 Å². The summed E-state index contributed by atoms with van der Waals surface area (Å²) in [5, 5.41) is 0.751. The molecule has 3 heteroatoms. The highest BCUT2D eigenvalue weighted by Gasteiger charge is 2.05. The van der Waals surface area contributed by atoms with E-state index >= 15 is 0 Å². The van der Waals surface area contributed by atoms with E-state index < -0.39 is 0 Å². The lowest BCUT2D eigenvalue weighted by molar-refractivity contribution is 0.481. The molecule has 0 saturated heterocycles. The smallest absolute Gasteiger partial charge is 0.127 e. The van der Waals surface area contributed by atoms with E-state index in [1.54, 1.807) is 0 Å². The molecule has 0 bridgehead atoms. The van der Waals surface area contributed by atoms with Crippen LogP contribution in [0.15, 0.2) is 36.4 Å². The van der Waals surface area contributed by atoms with Gasteiger partial charge < -0.3 is 10.5 Å². The fourth-order valence-corrected chi connectivity index (χ4v) is 2.24. The summed E-state index contributed by atoms with van der Waals surface area (Å²) in [6, 6.07) is 11.9. The molecule has 0 aliphatic rings. The van der Waals surface area contributed by atoms with Crippen LogP contribution in [-0.2, 0) is 6.42 Å². The largest absolute Gasteiger partial charge is 0.457 e. The second kappa shape index (κ2) is 6.29. The lowest BCUT2D eigenvalue weighted by Gasteiger charge is -2.12. The third-order valence-electron chi connectivity index (χ3n) is 3.22. The predicted octanol–water partition coefficient (Wildman–Crippen LogP) is 4.64. The molecule has 0 fully saturated rings. The molecule has 0 heterocycles. The first-order chi connectivity index (χ1) is 9.45. The van der Waals surface area contributed by atoms with Gasteiger partial charge in [0.15, 0.2) is 0 Å². The molecule has 0 aromatic heterocycles. The quantitative estimate of drug-likeness (QED) is 0.890. The van der Waals surface area contributed by atoms with E-state index in [1.165, 1.54) is 11.1 Å². The first-order valence-electron chi connectivity index (χ1n) is 6.75. The molecule has 0 spiro atoms. The average molecular weight is 290 g/mol. The minimum atomic E-state index is 0.166. The van der Waals surface area contributed by atoms with Crippen LogP contribution in [0.1, 0.15) is 23.6 Å². The number of hydrogen-bond acceptors (Lipinski definition) is 2. The van der Waals surface area contributed by atoms with Crippen molar-refractivity contribution < 1.29 is 4.74 Å². The van der Waals surface area contributed by atoms with E-state index in [4.69, 9.17) is 22.1 Å². The van der Waals surface area contributed by atoms with Crippen LogP contribution in [0.25, 0.3) is 0 Å². The van der Waals surface area contributed by atoms with Crippen molar-refractivity contribution in [3.05, 3.63) is 58.1 Å². The number of rotatable bonds is 4. The van der Waals surface area contributed by atoms with Gasteiger partial charge in [-0.3, -0.25) is 0 Å². The molecular weight excluding hydrogens is 270 g/mol. The number of nitrogens with two attached hydrogens (primary N) is 1.